The lowest BCUT2D eigenvalue weighted by atomic mass is 10.1. The molecule has 0 spiro atoms. The maximum Gasteiger partial charge on any atom is 0.113 e. The van der Waals surface area contributed by atoms with E-state index in [1.807, 2.05) is 25.6 Å². The number of nitrogens with zero attached hydrogens (tertiary/aromatic N) is 1. The van der Waals surface area contributed by atoms with Gasteiger partial charge in [-0.2, -0.15) is 0 Å². The Balaban J connectivity index is 2.17. The Morgan fingerprint density at radius 1 is 1.29 bits per heavy atom. The van der Waals surface area contributed by atoms with Crippen LogP contribution in [0.4, 0.5) is 0 Å². The number of hydrogen-bond donors (Lipinski definition) is 1. The summed E-state index contributed by atoms with van der Waals surface area (Å²) in [5.41, 5.74) is 8.18. The van der Waals surface area contributed by atoms with E-state index in [-0.39, 0.29) is 5.54 Å². The number of nitrogens with two attached hydrogens (primary N) is 1. The van der Waals surface area contributed by atoms with Crippen molar-refractivity contribution in [2.45, 2.75) is 30.0 Å². The summed E-state index contributed by atoms with van der Waals surface area (Å²) in [6, 6.07) is 8.46. The van der Waals surface area contributed by atoms with Crippen molar-refractivity contribution < 1.29 is 0 Å². The molecule has 1 aromatic heterocycles. The lowest BCUT2D eigenvalue weighted by Crippen LogP contribution is -2.28. The third kappa shape index (κ3) is 1.90. The van der Waals surface area contributed by atoms with Crippen LogP contribution in [-0.4, -0.2) is 4.98 Å². The number of rotatable bonds is 1. The lowest BCUT2D eigenvalue weighted by molar-refractivity contribution is 0.551. The highest BCUT2D eigenvalue weighted by Crippen LogP contribution is 2.44. The molecule has 88 valence electrons. The Kier molecular flexibility index (Phi) is 2.54. The van der Waals surface area contributed by atoms with Gasteiger partial charge in [-0.25, -0.2) is 4.98 Å². The van der Waals surface area contributed by atoms with Gasteiger partial charge in [0.2, 0.25) is 0 Å². The summed E-state index contributed by atoms with van der Waals surface area (Å²) in [7, 11) is 0. The number of thiazole rings is 1. The van der Waals surface area contributed by atoms with E-state index >= 15 is 0 Å². The zero-order valence-electron chi connectivity index (χ0n) is 9.86. The zero-order valence-corrected chi connectivity index (χ0v) is 11.5. The molecule has 0 fully saturated rings. The predicted octanol–water partition coefficient (Wildman–Crippen LogP) is 3.61. The number of aromatic nitrogens is 1. The van der Waals surface area contributed by atoms with Crippen LogP contribution in [0.1, 0.15) is 23.7 Å². The van der Waals surface area contributed by atoms with Gasteiger partial charge in [0.15, 0.2) is 0 Å². The van der Waals surface area contributed by atoms with E-state index in [9.17, 15) is 0 Å². The average molecular weight is 262 g/mol. The topological polar surface area (TPSA) is 38.9 Å². The molecule has 1 aliphatic heterocycles. The third-order valence-corrected chi connectivity index (χ3v) is 5.43. The predicted molar refractivity (Wildman–Crippen MR) is 74.3 cm³/mol. The monoisotopic (exact) mass is 262 g/mol. The normalized spacial score (nSPS) is 14.3. The molecule has 17 heavy (non-hydrogen) atoms. The second kappa shape index (κ2) is 3.83. The van der Waals surface area contributed by atoms with Crippen LogP contribution in [0.2, 0.25) is 0 Å². The molecular weight excluding hydrogens is 248 g/mol. The molecule has 2 aromatic rings. The fourth-order valence-electron chi connectivity index (χ4n) is 1.87. The number of fused-ring (bicyclic) bond motifs is 3. The minimum atomic E-state index is -0.346. The van der Waals surface area contributed by atoms with Crippen molar-refractivity contribution >= 4 is 23.1 Å². The molecule has 0 atom stereocenters. The smallest absolute Gasteiger partial charge is 0.113 e. The van der Waals surface area contributed by atoms with Gasteiger partial charge in [-0.15, -0.1) is 23.1 Å². The summed E-state index contributed by atoms with van der Waals surface area (Å²) in [6.07, 6.45) is 0. The quantitative estimate of drug-likeness (QED) is 0.853. The summed E-state index contributed by atoms with van der Waals surface area (Å²) >= 11 is 3.63. The summed E-state index contributed by atoms with van der Waals surface area (Å²) < 4.78 is 0. The van der Waals surface area contributed by atoms with Crippen molar-refractivity contribution in [3.8, 4) is 11.3 Å². The number of thioether (sulfide) groups is 1. The van der Waals surface area contributed by atoms with Crippen molar-refractivity contribution in [1.29, 1.82) is 0 Å². The van der Waals surface area contributed by atoms with Crippen LogP contribution >= 0.6 is 23.1 Å². The fraction of sp³-hybridized carbons (Fsp3) is 0.308. The van der Waals surface area contributed by atoms with E-state index in [0.29, 0.717) is 0 Å². The van der Waals surface area contributed by atoms with E-state index < -0.39 is 0 Å². The molecule has 3 rings (SSSR count). The molecule has 1 aromatic carbocycles. The van der Waals surface area contributed by atoms with Gasteiger partial charge in [-0.05, 0) is 19.9 Å². The fourth-order valence-corrected chi connectivity index (χ4v) is 4.08. The van der Waals surface area contributed by atoms with Crippen LogP contribution in [0.15, 0.2) is 29.2 Å². The zero-order chi connectivity index (χ0) is 12.0. The molecule has 1 aliphatic rings. The number of benzene rings is 1. The van der Waals surface area contributed by atoms with Crippen LogP contribution in [0.5, 0.6) is 0 Å². The third-order valence-electron chi connectivity index (χ3n) is 2.75. The summed E-state index contributed by atoms with van der Waals surface area (Å²) in [5.74, 6) is 1.01. The summed E-state index contributed by atoms with van der Waals surface area (Å²) in [6.45, 7) is 4.02. The minimum absolute atomic E-state index is 0.346. The average Bonchev–Trinajstić information content (AvgIpc) is 2.72. The summed E-state index contributed by atoms with van der Waals surface area (Å²) in [4.78, 5) is 7.42. The molecule has 2 heterocycles. The first-order chi connectivity index (χ1) is 8.05. The minimum Gasteiger partial charge on any atom is -0.320 e. The highest BCUT2D eigenvalue weighted by atomic mass is 32.2. The first kappa shape index (κ1) is 11.3. The first-order valence-corrected chi connectivity index (χ1v) is 7.37. The Labute approximate surface area is 109 Å². The van der Waals surface area contributed by atoms with Gasteiger partial charge in [0.25, 0.3) is 0 Å². The van der Waals surface area contributed by atoms with Crippen molar-refractivity contribution in [3.63, 3.8) is 0 Å². The maximum atomic E-state index is 6.13. The van der Waals surface area contributed by atoms with Gasteiger partial charge in [0, 0.05) is 21.1 Å². The van der Waals surface area contributed by atoms with Crippen LogP contribution in [0.25, 0.3) is 11.3 Å². The van der Waals surface area contributed by atoms with Crippen LogP contribution < -0.4 is 5.73 Å². The molecule has 0 radical (unpaired) electrons. The Hall–Kier alpha value is -0.840. The van der Waals surface area contributed by atoms with Gasteiger partial charge < -0.3 is 5.73 Å². The molecule has 0 amide bonds. The largest absolute Gasteiger partial charge is 0.320 e. The first-order valence-electron chi connectivity index (χ1n) is 5.57. The highest BCUT2D eigenvalue weighted by Gasteiger charge is 2.26. The standard InChI is InChI=1S/C13H14N2S2/c1-13(2,14)12-15-11-8-5-3-4-6-9(8)16-7-10(11)17-12/h3-6H,7,14H2,1-2H3. The molecule has 2 N–H and O–H groups in total. The second-order valence-electron chi connectivity index (χ2n) is 4.80. The second-order valence-corrected chi connectivity index (χ2v) is 6.90. The van der Waals surface area contributed by atoms with Gasteiger partial charge in [-0.3, -0.25) is 0 Å². The van der Waals surface area contributed by atoms with Gasteiger partial charge >= 0.3 is 0 Å². The SMILES string of the molecule is CC(C)(N)c1nc2c(s1)CSc1ccccc1-2. The molecule has 0 aliphatic carbocycles. The van der Waals surface area contributed by atoms with E-state index in [2.05, 4.69) is 24.3 Å². The van der Waals surface area contributed by atoms with Crippen LogP contribution in [0, 0.1) is 0 Å². The van der Waals surface area contributed by atoms with Crippen LogP contribution in [-0.2, 0) is 11.3 Å². The van der Waals surface area contributed by atoms with E-state index in [1.54, 1.807) is 11.3 Å². The summed E-state index contributed by atoms with van der Waals surface area (Å²) in [5, 5.41) is 1.03. The molecule has 2 nitrogen and oxygen atoms in total. The Morgan fingerprint density at radius 2 is 2.06 bits per heavy atom. The van der Waals surface area contributed by atoms with Gasteiger partial charge in [0.05, 0.1) is 11.2 Å². The highest BCUT2D eigenvalue weighted by molar-refractivity contribution is 7.98. The lowest BCUT2D eigenvalue weighted by Gasteiger charge is -2.14. The maximum absolute atomic E-state index is 6.13. The van der Waals surface area contributed by atoms with Gasteiger partial charge in [0.1, 0.15) is 5.01 Å². The van der Waals surface area contributed by atoms with Crippen molar-refractivity contribution in [1.82, 2.24) is 4.98 Å². The van der Waals surface area contributed by atoms with Gasteiger partial charge in [-0.1, -0.05) is 18.2 Å². The number of hydrogen-bond acceptors (Lipinski definition) is 4. The van der Waals surface area contributed by atoms with Crippen LogP contribution in [0.3, 0.4) is 0 Å². The van der Waals surface area contributed by atoms with E-state index in [1.165, 1.54) is 15.3 Å². The van der Waals surface area contributed by atoms with E-state index in [0.717, 1.165) is 16.5 Å². The molecule has 0 saturated heterocycles. The Morgan fingerprint density at radius 3 is 2.82 bits per heavy atom. The molecule has 0 saturated carbocycles. The molecule has 4 heteroatoms. The van der Waals surface area contributed by atoms with Crippen molar-refractivity contribution in [3.05, 3.63) is 34.2 Å². The Bertz CT molecular complexity index is 567. The van der Waals surface area contributed by atoms with E-state index in [4.69, 9.17) is 10.7 Å². The molecular formula is C13H14N2S2. The molecule has 0 bridgehead atoms. The van der Waals surface area contributed by atoms with Crippen molar-refractivity contribution in [2.24, 2.45) is 5.73 Å². The van der Waals surface area contributed by atoms with Crippen molar-refractivity contribution in [2.75, 3.05) is 0 Å². The molecule has 0 unspecified atom stereocenters.